The molecular weight excluding hydrogens is 320 g/mol. The van der Waals surface area contributed by atoms with E-state index in [1.165, 1.54) is 18.4 Å². The van der Waals surface area contributed by atoms with E-state index in [4.69, 9.17) is 4.74 Å². The molecule has 23 heavy (non-hydrogen) atoms. The second-order valence-corrected chi connectivity index (χ2v) is 8.42. The van der Waals surface area contributed by atoms with Crippen molar-refractivity contribution in [3.63, 3.8) is 0 Å². The van der Waals surface area contributed by atoms with Crippen molar-refractivity contribution in [2.45, 2.75) is 25.9 Å². The number of carbonyl (C=O) groups excluding carboxylic acids is 1. The summed E-state index contributed by atoms with van der Waals surface area (Å²) in [5.74, 6) is -0.574. The molecule has 2 atom stereocenters. The van der Waals surface area contributed by atoms with Crippen LogP contribution < -0.4 is 5.32 Å². The van der Waals surface area contributed by atoms with E-state index in [1.54, 1.807) is 16.9 Å². The quantitative estimate of drug-likeness (QED) is 0.790. The first-order chi connectivity index (χ1) is 10.7. The Morgan fingerprint density at radius 3 is 2.78 bits per heavy atom. The summed E-state index contributed by atoms with van der Waals surface area (Å²) in [5.41, 5.74) is 0.459. The van der Waals surface area contributed by atoms with Crippen LogP contribution in [0.4, 0.5) is 0 Å². The maximum absolute atomic E-state index is 12.4. The largest absolute Gasteiger partial charge is 0.379 e. The van der Waals surface area contributed by atoms with Crippen LogP contribution in [0.25, 0.3) is 0 Å². The highest BCUT2D eigenvalue weighted by Crippen LogP contribution is 2.18. The Kier molecular flexibility index (Phi) is 5.43. The molecule has 1 saturated heterocycles. The van der Waals surface area contributed by atoms with Crippen molar-refractivity contribution >= 4 is 15.9 Å². The van der Waals surface area contributed by atoms with E-state index < -0.39 is 10.0 Å². The van der Waals surface area contributed by atoms with Crippen molar-refractivity contribution in [1.29, 1.82) is 0 Å². The molecule has 1 aliphatic heterocycles. The Hall–Kier alpha value is -1.45. The van der Waals surface area contributed by atoms with Crippen molar-refractivity contribution in [3.05, 3.63) is 18.0 Å². The standard InChI is InChI=1S/C14H24N4O4S/c1-10(2)18-13(5-6-15-18)14(19)16-12-8-22-7-11(12)9-23(20,21)17(3)4/h5-6,10-12H,7-9H2,1-4H3,(H,16,19)/t11-,12-/m0/s1. The van der Waals surface area contributed by atoms with Gasteiger partial charge in [0.1, 0.15) is 5.69 Å². The summed E-state index contributed by atoms with van der Waals surface area (Å²) in [6, 6.07) is 1.39. The number of nitrogens with zero attached hydrogens (tertiary/aromatic N) is 3. The lowest BCUT2D eigenvalue weighted by molar-refractivity contribution is 0.0913. The lowest BCUT2D eigenvalue weighted by Crippen LogP contribution is -2.44. The first-order valence-corrected chi connectivity index (χ1v) is 9.15. The topological polar surface area (TPSA) is 93.5 Å². The van der Waals surface area contributed by atoms with Crippen molar-refractivity contribution in [1.82, 2.24) is 19.4 Å². The minimum atomic E-state index is -3.34. The van der Waals surface area contributed by atoms with Crippen LogP contribution in [0.5, 0.6) is 0 Å². The maximum Gasteiger partial charge on any atom is 0.269 e. The Labute approximate surface area is 136 Å². The fraction of sp³-hybridized carbons (Fsp3) is 0.714. The van der Waals surface area contributed by atoms with Crippen LogP contribution >= 0.6 is 0 Å². The summed E-state index contributed by atoms with van der Waals surface area (Å²) >= 11 is 0. The van der Waals surface area contributed by atoms with Gasteiger partial charge in [0.05, 0.1) is 25.0 Å². The van der Waals surface area contributed by atoms with Crippen LogP contribution in [0, 0.1) is 5.92 Å². The molecule has 1 aliphatic rings. The van der Waals surface area contributed by atoms with Crippen LogP contribution in [0.15, 0.2) is 12.3 Å². The Morgan fingerprint density at radius 1 is 1.48 bits per heavy atom. The zero-order chi connectivity index (χ0) is 17.2. The number of sulfonamides is 1. The average molecular weight is 344 g/mol. The predicted molar refractivity (Wildman–Crippen MR) is 85.6 cm³/mol. The zero-order valence-corrected chi connectivity index (χ0v) is 14.7. The van der Waals surface area contributed by atoms with Gasteiger partial charge in [-0.15, -0.1) is 0 Å². The van der Waals surface area contributed by atoms with E-state index in [-0.39, 0.29) is 29.7 Å². The highest BCUT2D eigenvalue weighted by molar-refractivity contribution is 7.89. The number of nitrogens with one attached hydrogen (secondary N) is 1. The normalized spacial score (nSPS) is 22.0. The molecule has 130 valence electrons. The predicted octanol–water partition coefficient (Wildman–Crippen LogP) is 0.100. The summed E-state index contributed by atoms with van der Waals surface area (Å²) in [6.07, 6.45) is 1.58. The van der Waals surface area contributed by atoms with Gasteiger partial charge in [-0.1, -0.05) is 0 Å². The second-order valence-electron chi connectivity index (χ2n) is 6.19. The van der Waals surface area contributed by atoms with Gasteiger partial charge in [0.15, 0.2) is 0 Å². The lowest BCUT2D eigenvalue weighted by atomic mass is 10.1. The van der Waals surface area contributed by atoms with Crippen LogP contribution in [0.2, 0.25) is 0 Å². The van der Waals surface area contributed by atoms with Gasteiger partial charge in [-0.25, -0.2) is 12.7 Å². The molecule has 0 radical (unpaired) electrons. The smallest absolute Gasteiger partial charge is 0.269 e. The molecule has 0 aromatic carbocycles. The third kappa shape index (κ3) is 4.10. The van der Waals surface area contributed by atoms with E-state index in [2.05, 4.69) is 10.4 Å². The molecule has 0 saturated carbocycles. The molecule has 2 heterocycles. The van der Waals surface area contributed by atoms with Crippen molar-refractivity contribution < 1.29 is 17.9 Å². The van der Waals surface area contributed by atoms with Gasteiger partial charge >= 0.3 is 0 Å². The minimum Gasteiger partial charge on any atom is -0.379 e. The van der Waals surface area contributed by atoms with Crippen LogP contribution in [-0.4, -0.2) is 67.5 Å². The molecule has 1 amide bonds. The van der Waals surface area contributed by atoms with E-state index in [9.17, 15) is 13.2 Å². The van der Waals surface area contributed by atoms with Gasteiger partial charge in [0.2, 0.25) is 10.0 Å². The highest BCUT2D eigenvalue weighted by Gasteiger charge is 2.34. The Morgan fingerprint density at radius 2 is 2.17 bits per heavy atom. The fourth-order valence-corrected chi connectivity index (χ4v) is 3.66. The van der Waals surface area contributed by atoms with E-state index >= 15 is 0 Å². The molecule has 1 aromatic heterocycles. The van der Waals surface area contributed by atoms with Crippen molar-refractivity contribution in [3.8, 4) is 0 Å². The molecule has 9 heteroatoms. The zero-order valence-electron chi connectivity index (χ0n) is 13.9. The number of carbonyl (C=O) groups is 1. The third-order valence-corrected chi connectivity index (χ3v) is 5.85. The van der Waals surface area contributed by atoms with Gasteiger partial charge in [0, 0.05) is 32.3 Å². The van der Waals surface area contributed by atoms with Gasteiger partial charge < -0.3 is 10.1 Å². The Balaban J connectivity index is 2.07. The molecule has 1 aromatic rings. The number of hydrogen-bond donors (Lipinski definition) is 1. The fourth-order valence-electron chi connectivity index (χ4n) is 2.49. The molecule has 0 spiro atoms. The second kappa shape index (κ2) is 6.98. The maximum atomic E-state index is 12.4. The summed E-state index contributed by atoms with van der Waals surface area (Å²) in [6.45, 7) is 4.51. The summed E-state index contributed by atoms with van der Waals surface area (Å²) in [7, 11) is -0.341. The van der Waals surface area contributed by atoms with E-state index in [0.29, 0.717) is 18.9 Å². The molecule has 8 nitrogen and oxygen atoms in total. The van der Waals surface area contributed by atoms with Gasteiger partial charge in [0.25, 0.3) is 5.91 Å². The monoisotopic (exact) mass is 344 g/mol. The van der Waals surface area contributed by atoms with Crippen LogP contribution in [0.3, 0.4) is 0 Å². The van der Waals surface area contributed by atoms with Crippen molar-refractivity contribution in [2.75, 3.05) is 33.1 Å². The lowest BCUT2D eigenvalue weighted by Gasteiger charge is -2.21. The molecule has 1 fully saturated rings. The Bertz CT molecular complexity index is 653. The number of rotatable bonds is 6. The molecular formula is C14H24N4O4S. The number of hydrogen-bond acceptors (Lipinski definition) is 5. The average Bonchev–Trinajstić information content (AvgIpc) is 3.07. The van der Waals surface area contributed by atoms with Crippen LogP contribution in [-0.2, 0) is 14.8 Å². The molecule has 0 unspecified atom stereocenters. The first-order valence-electron chi connectivity index (χ1n) is 7.54. The van der Waals surface area contributed by atoms with Crippen LogP contribution in [0.1, 0.15) is 30.4 Å². The molecule has 0 bridgehead atoms. The first kappa shape index (κ1) is 17.9. The molecule has 1 N–H and O–H groups in total. The van der Waals surface area contributed by atoms with E-state index in [0.717, 1.165) is 0 Å². The van der Waals surface area contributed by atoms with Gasteiger partial charge in [-0.3, -0.25) is 9.48 Å². The minimum absolute atomic E-state index is 0.0472. The highest BCUT2D eigenvalue weighted by atomic mass is 32.2. The van der Waals surface area contributed by atoms with Crippen molar-refractivity contribution in [2.24, 2.45) is 5.92 Å². The number of ether oxygens (including phenoxy) is 1. The molecule has 0 aliphatic carbocycles. The van der Waals surface area contributed by atoms with Gasteiger partial charge in [-0.05, 0) is 19.9 Å². The van der Waals surface area contributed by atoms with Gasteiger partial charge in [-0.2, -0.15) is 5.10 Å². The molecule has 2 rings (SSSR count). The summed E-state index contributed by atoms with van der Waals surface area (Å²) < 4.78 is 32.3. The SMILES string of the molecule is CC(C)n1nccc1C(=O)N[C@H]1COC[C@H]1CS(=O)(=O)N(C)C. The number of amides is 1. The van der Waals surface area contributed by atoms with E-state index in [1.807, 2.05) is 13.8 Å². The summed E-state index contributed by atoms with van der Waals surface area (Å²) in [4.78, 5) is 12.4. The number of aromatic nitrogens is 2. The third-order valence-electron chi connectivity index (χ3n) is 3.89. The summed E-state index contributed by atoms with van der Waals surface area (Å²) in [5, 5.41) is 7.02.